The van der Waals surface area contributed by atoms with Crippen molar-refractivity contribution < 1.29 is 4.43 Å². The van der Waals surface area contributed by atoms with Gasteiger partial charge in [0.2, 0.25) is 0 Å². The minimum absolute atomic E-state index is 0.0541. The van der Waals surface area contributed by atoms with Gasteiger partial charge in [0.15, 0.2) is 0 Å². The van der Waals surface area contributed by atoms with Crippen LogP contribution in [0.2, 0.25) is 5.04 Å². The first kappa shape index (κ1) is 19.3. The fourth-order valence-corrected chi connectivity index (χ4v) is 9.14. The zero-order chi connectivity index (χ0) is 18.8. The van der Waals surface area contributed by atoms with Gasteiger partial charge >= 0.3 is 0 Å². The van der Waals surface area contributed by atoms with Crippen LogP contribution in [0.5, 0.6) is 0 Å². The van der Waals surface area contributed by atoms with E-state index in [2.05, 4.69) is 100 Å². The Balaban J connectivity index is 2.03. The van der Waals surface area contributed by atoms with Crippen LogP contribution >= 0.6 is 0 Å². The Hall–Kier alpha value is -1.42. The molecule has 0 N–H and O–H groups in total. The normalized spacial score (nSPS) is 21.9. The van der Waals surface area contributed by atoms with Crippen molar-refractivity contribution in [3.8, 4) is 0 Å². The van der Waals surface area contributed by atoms with Crippen LogP contribution in [-0.4, -0.2) is 39.5 Å². The Morgan fingerprint density at radius 1 is 0.962 bits per heavy atom. The van der Waals surface area contributed by atoms with Crippen LogP contribution in [0.3, 0.4) is 0 Å². The molecule has 1 heterocycles. The van der Waals surface area contributed by atoms with Gasteiger partial charge in [-0.15, -0.1) is 0 Å². The fraction of sp³-hybridized carbons (Fsp3) is 0.478. The van der Waals surface area contributed by atoms with Crippen LogP contribution in [-0.2, 0) is 4.43 Å². The highest BCUT2D eigenvalue weighted by molar-refractivity contribution is 6.99. The molecule has 140 valence electrons. The summed E-state index contributed by atoms with van der Waals surface area (Å²) in [6.07, 6.45) is 1.23. The van der Waals surface area contributed by atoms with Crippen LogP contribution in [0.25, 0.3) is 0 Å². The number of benzene rings is 2. The zero-order valence-electron chi connectivity index (χ0n) is 16.9. The van der Waals surface area contributed by atoms with Crippen molar-refractivity contribution in [2.75, 3.05) is 20.2 Å². The lowest BCUT2D eigenvalue weighted by Crippen LogP contribution is -2.67. The van der Waals surface area contributed by atoms with Crippen molar-refractivity contribution in [1.82, 2.24) is 4.90 Å². The molecule has 2 nitrogen and oxygen atoms in total. The van der Waals surface area contributed by atoms with Crippen LogP contribution in [0.1, 0.15) is 34.1 Å². The summed E-state index contributed by atoms with van der Waals surface area (Å²) < 4.78 is 7.07. The van der Waals surface area contributed by atoms with Crippen molar-refractivity contribution in [2.24, 2.45) is 5.92 Å². The van der Waals surface area contributed by atoms with Crippen LogP contribution in [0.15, 0.2) is 60.7 Å². The van der Waals surface area contributed by atoms with Crippen LogP contribution in [0.4, 0.5) is 0 Å². The molecule has 2 atom stereocenters. The first-order valence-corrected chi connectivity index (χ1v) is 11.7. The van der Waals surface area contributed by atoms with E-state index in [0.29, 0.717) is 6.04 Å². The molecular formula is C23H33NOSi. The van der Waals surface area contributed by atoms with Gasteiger partial charge in [-0.25, -0.2) is 0 Å². The van der Waals surface area contributed by atoms with E-state index >= 15 is 0 Å². The smallest absolute Gasteiger partial charge is 0.261 e. The standard InChI is InChI=1S/C23H33NOSi/c1-19-16-20(24(5)17-19)18-25-26(23(2,3)4,21-12-8-6-9-13-21)22-14-10-7-11-15-22/h6-15,19-20H,16-18H2,1-5H3/t19-,20+/m1/s1. The maximum absolute atomic E-state index is 7.07. The second-order valence-electron chi connectivity index (χ2n) is 8.91. The Bertz CT molecular complexity index is 656. The zero-order valence-corrected chi connectivity index (χ0v) is 17.9. The third-order valence-electron chi connectivity index (χ3n) is 5.81. The molecule has 26 heavy (non-hydrogen) atoms. The van der Waals surface area contributed by atoms with Crippen LogP contribution < -0.4 is 10.4 Å². The highest BCUT2D eigenvalue weighted by Crippen LogP contribution is 2.37. The molecule has 3 heteroatoms. The molecule has 1 aliphatic rings. The monoisotopic (exact) mass is 367 g/mol. The predicted molar refractivity (Wildman–Crippen MR) is 114 cm³/mol. The van der Waals surface area contributed by atoms with E-state index in [0.717, 1.165) is 12.5 Å². The third-order valence-corrected chi connectivity index (χ3v) is 10.8. The SMILES string of the molecule is C[C@@H]1C[C@@H](CO[Si](c2ccccc2)(c2ccccc2)C(C)(C)C)N(C)C1. The number of rotatable bonds is 5. The molecule has 0 radical (unpaired) electrons. The topological polar surface area (TPSA) is 12.5 Å². The lowest BCUT2D eigenvalue weighted by atomic mass is 10.1. The highest BCUT2D eigenvalue weighted by Gasteiger charge is 2.50. The van der Waals surface area contributed by atoms with Gasteiger partial charge in [0.05, 0.1) is 6.61 Å². The van der Waals surface area contributed by atoms with Gasteiger partial charge in [0.1, 0.15) is 0 Å². The van der Waals surface area contributed by atoms with Crippen LogP contribution in [0, 0.1) is 5.92 Å². The summed E-state index contributed by atoms with van der Waals surface area (Å²) in [4.78, 5) is 2.47. The molecule has 0 aromatic heterocycles. The maximum atomic E-state index is 7.07. The predicted octanol–water partition coefficient (Wildman–Crippen LogP) is 3.90. The average Bonchev–Trinajstić information content (AvgIpc) is 2.94. The maximum Gasteiger partial charge on any atom is 0.261 e. The van der Waals surface area contributed by atoms with E-state index in [4.69, 9.17) is 4.43 Å². The van der Waals surface area contributed by atoms with E-state index in [1.165, 1.54) is 23.3 Å². The lowest BCUT2D eigenvalue weighted by molar-refractivity contribution is 0.189. The van der Waals surface area contributed by atoms with Gasteiger partial charge < -0.3 is 9.33 Å². The molecule has 2 aromatic carbocycles. The summed E-state index contributed by atoms with van der Waals surface area (Å²) in [5, 5.41) is 2.79. The average molecular weight is 368 g/mol. The minimum atomic E-state index is -2.40. The molecule has 0 bridgehead atoms. The van der Waals surface area contributed by atoms with Gasteiger partial charge in [-0.05, 0) is 34.8 Å². The summed E-state index contributed by atoms with van der Waals surface area (Å²) >= 11 is 0. The van der Waals surface area contributed by atoms with Gasteiger partial charge in [-0.3, -0.25) is 0 Å². The molecule has 0 saturated carbocycles. The molecule has 0 amide bonds. The summed E-state index contributed by atoms with van der Waals surface area (Å²) in [5.74, 6) is 0.757. The largest absolute Gasteiger partial charge is 0.406 e. The van der Waals surface area contributed by atoms with Gasteiger partial charge in [-0.2, -0.15) is 0 Å². The van der Waals surface area contributed by atoms with E-state index in [9.17, 15) is 0 Å². The Morgan fingerprint density at radius 3 is 1.85 bits per heavy atom. The number of hydrogen-bond acceptors (Lipinski definition) is 2. The second-order valence-corrected chi connectivity index (χ2v) is 13.2. The highest BCUT2D eigenvalue weighted by atomic mass is 28.4. The first-order valence-electron chi connectivity index (χ1n) is 9.80. The molecule has 0 unspecified atom stereocenters. The van der Waals surface area contributed by atoms with Crippen molar-refractivity contribution >= 4 is 18.7 Å². The molecule has 0 spiro atoms. The molecule has 3 rings (SSSR count). The Labute approximate surface area is 160 Å². The molecule has 1 aliphatic heterocycles. The minimum Gasteiger partial charge on any atom is -0.406 e. The molecule has 1 fully saturated rings. The quantitative estimate of drug-likeness (QED) is 0.743. The van der Waals surface area contributed by atoms with Gasteiger partial charge in [0.25, 0.3) is 8.32 Å². The summed E-state index contributed by atoms with van der Waals surface area (Å²) in [6, 6.07) is 22.4. The van der Waals surface area contributed by atoms with Crippen molar-refractivity contribution in [3.05, 3.63) is 60.7 Å². The van der Waals surface area contributed by atoms with Gasteiger partial charge in [0, 0.05) is 12.6 Å². The van der Waals surface area contributed by atoms with E-state index in [1.807, 2.05) is 0 Å². The fourth-order valence-electron chi connectivity index (χ4n) is 4.54. The molecule has 0 aliphatic carbocycles. The third kappa shape index (κ3) is 3.66. The Kier molecular flexibility index (Phi) is 5.71. The van der Waals surface area contributed by atoms with Crippen molar-refractivity contribution in [3.63, 3.8) is 0 Å². The van der Waals surface area contributed by atoms with Crippen molar-refractivity contribution in [2.45, 2.75) is 45.2 Å². The first-order chi connectivity index (χ1) is 12.3. The number of hydrogen-bond donors (Lipinski definition) is 0. The van der Waals surface area contributed by atoms with Crippen molar-refractivity contribution in [1.29, 1.82) is 0 Å². The number of likely N-dealkylation sites (tertiary alicyclic amines) is 1. The molecular weight excluding hydrogens is 334 g/mol. The molecule has 2 aromatic rings. The van der Waals surface area contributed by atoms with E-state index in [1.54, 1.807) is 0 Å². The van der Waals surface area contributed by atoms with E-state index < -0.39 is 8.32 Å². The summed E-state index contributed by atoms with van der Waals surface area (Å²) in [6.45, 7) is 11.4. The second kappa shape index (κ2) is 7.67. The summed E-state index contributed by atoms with van der Waals surface area (Å²) in [7, 11) is -0.156. The van der Waals surface area contributed by atoms with Gasteiger partial charge in [-0.1, -0.05) is 88.4 Å². The summed E-state index contributed by atoms with van der Waals surface area (Å²) in [5.41, 5.74) is 0. The molecule has 1 saturated heterocycles. The lowest BCUT2D eigenvalue weighted by Gasteiger charge is -2.44. The van der Waals surface area contributed by atoms with E-state index in [-0.39, 0.29) is 5.04 Å². The number of likely N-dealkylation sites (N-methyl/N-ethyl adjacent to an activating group) is 1. The Morgan fingerprint density at radius 2 is 1.46 bits per heavy atom. The number of nitrogens with zero attached hydrogens (tertiary/aromatic N) is 1.